The zero-order chi connectivity index (χ0) is 11.3. The fraction of sp³-hybridized carbons (Fsp3) is 0.167. The van der Waals surface area contributed by atoms with E-state index in [0.717, 1.165) is 27.6 Å². The van der Waals surface area contributed by atoms with Gasteiger partial charge in [-0.25, -0.2) is 4.98 Å². The minimum absolute atomic E-state index is 0.503. The van der Waals surface area contributed by atoms with Crippen LogP contribution in [-0.2, 0) is 7.05 Å². The minimum Gasteiger partial charge on any atom is -0.318 e. The number of imidazole rings is 1. The Morgan fingerprint density at radius 1 is 1.12 bits per heavy atom. The molecule has 80 valence electrons. The topological polar surface area (TPSA) is 30.7 Å². The van der Waals surface area contributed by atoms with Crippen molar-refractivity contribution < 1.29 is 0 Å². The van der Waals surface area contributed by atoms with Gasteiger partial charge >= 0.3 is 0 Å². The average molecular weight is 232 g/mol. The molecule has 0 bridgehead atoms. The van der Waals surface area contributed by atoms with Crippen LogP contribution in [0.25, 0.3) is 21.9 Å². The minimum atomic E-state index is 0.503. The van der Waals surface area contributed by atoms with E-state index in [4.69, 9.17) is 11.6 Å². The summed E-state index contributed by atoms with van der Waals surface area (Å²) in [6.45, 7) is 1.98. The molecule has 2 aromatic heterocycles. The number of fused-ring (bicyclic) bond motifs is 3. The van der Waals surface area contributed by atoms with Gasteiger partial charge in [-0.15, -0.1) is 0 Å². The molecule has 0 unspecified atom stereocenters. The molecule has 0 aliphatic heterocycles. The summed E-state index contributed by atoms with van der Waals surface area (Å²) in [5.74, 6) is 0. The van der Waals surface area contributed by atoms with Crippen LogP contribution in [0.5, 0.6) is 0 Å². The number of hydrogen-bond acceptors (Lipinski definition) is 2. The maximum atomic E-state index is 6.02. The Morgan fingerprint density at radius 3 is 2.75 bits per heavy atom. The van der Waals surface area contributed by atoms with E-state index in [9.17, 15) is 0 Å². The molecule has 1 aromatic carbocycles. The summed E-state index contributed by atoms with van der Waals surface area (Å²) in [7, 11) is 1.91. The lowest BCUT2D eigenvalue weighted by Gasteiger charge is -2.00. The fourth-order valence-electron chi connectivity index (χ4n) is 1.93. The SMILES string of the molecule is Cc1ccc2c(ccc3c2nc(Cl)n3C)n1. The quantitative estimate of drug-likeness (QED) is 0.595. The van der Waals surface area contributed by atoms with Crippen LogP contribution in [0, 0.1) is 6.92 Å². The molecule has 4 heteroatoms. The van der Waals surface area contributed by atoms with E-state index in [1.165, 1.54) is 0 Å². The number of rotatable bonds is 0. The summed E-state index contributed by atoms with van der Waals surface area (Å²) in [6, 6.07) is 8.04. The maximum Gasteiger partial charge on any atom is 0.203 e. The molecule has 3 aromatic rings. The van der Waals surface area contributed by atoms with Crippen molar-refractivity contribution in [2.45, 2.75) is 6.92 Å². The lowest BCUT2D eigenvalue weighted by Crippen LogP contribution is -1.87. The number of aryl methyl sites for hydroxylation is 2. The van der Waals surface area contributed by atoms with Gasteiger partial charge in [-0.2, -0.15) is 0 Å². The molecule has 16 heavy (non-hydrogen) atoms. The van der Waals surface area contributed by atoms with Gasteiger partial charge in [0.1, 0.15) is 0 Å². The molecular weight excluding hydrogens is 222 g/mol. The van der Waals surface area contributed by atoms with Gasteiger partial charge < -0.3 is 4.57 Å². The van der Waals surface area contributed by atoms with Crippen LogP contribution in [0.4, 0.5) is 0 Å². The number of nitrogens with zero attached hydrogens (tertiary/aromatic N) is 3. The lowest BCUT2D eigenvalue weighted by molar-refractivity contribution is 0.949. The van der Waals surface area contributed by atoms with Crippen molar-refractivity contribution in [2.75, 3.05) is 0 Å². The van der Waals surface area contributed by atoms with E-state index < -0.39 is 0 Å². The standard InChI is InChI=1S/C12H10ClN3/c1-7-3-4-8-9(14-7)5-6-10-11(8)15-12(13)16(10)2/h3-6H,1-2H3. The van der Waals surface area contributed by atoms with E-state index in [1.54, 1.807) is 0 Å². The number of hydrogen-bond donors (Lipinski definition) is 0. The summed E-state index contributed by atoms with van der Waals surface area (Å²) in [5.41, 5.74) is 3.91. The molecule has 0 saturated carbocycles. The molecule has 3 nitrogen and oxygen atoms in total. The van der Waals surface area contributed by atoms with Crippen molar-refractivity contribution in [1.82, 2.24) is 14.5 Å². The van der Waals surface area contributed by atoms with Gasteiger partial charge in [-0.3, -0.25) is 4.98 Å². The van der Waals surface area contributed by atoms with Gasteiger partial charge in [-0.1, -0.05) is 0 Å². The third kappa shape index (κ3) is 1.21. The number of pyridine rings is 1. The molecule has 0 saturated heterocycles. The number of aromatic nitrogens is 3. The molecule has 0 spiro atoms. The molecule has 0 N–H and O–H groups in total. The molecule has 0 aliphatic rings. The Morgan fingerprint density at radius 2 is 1.94 bits per heavy atom. The van der Waals surface area contributed by atoms with E-state index in [0.29, 0.717) is 5.28 Å². The highest BCUT2D eigenvalue weighted by Gasteiger charge is 2.09. The molecular formula is C12H10ClN3. The second-order valence-electron chi connectivity index (χ2n) is 3.89. The smallest absolute Gasteiger partial charge is 0.203 e. The Labute approximate surface area is 97.7 Å². The third-order valence-corrected chi connectivity index (χ3v) is 3.14. The second-order valence-corrected chi connectivity index (χ2v) is 4.23. The van der Waals surface area contributed by atoms with Gasteiger partial charge in [0.15, 0.2) is 0 Å². The summed E-state index contributed by atoms with van der Waals surface area (Å²) in [4.78, 5) is 8.83. The van der Waals surface area contributed by atoms with Crippen LogP contribution in [0.2, 0.25) is 5.28 Å². The predicted octanol–water partition coefficient (Wildman–Crippen LogP) is 3.08. The Bertz CT molecular complexity index is 700. The fourth-order valence-corrected chi connectivity index (χ4v) is 2.11. The summed E-state index contributed by atoms with van der Waals surface area (Å²) in [6.07, 6.45) is 0. The van der Waals surface area contributed by atoms with Crippen molar-refractivity contribution in [3.8, 4) is 0 Å². The lowest BCUT2D eigenvalue weighted by atomic mass is 10.1. The Kier molecular flexibility index (Phi) is 1.91. The van der Waals surface area contributed by atoms with Crippen molar-refractivity contribution in [3.63, 3.8) is 0 Å². The summed E-state index contributed by atoms with van der Waals surface area (Å²) in [5, 5.41) is 1.55. The molecule has 0 atom stereocenters. The van der Waals surface area contributed by atoms with Crippen molar-refractivity contribution in [2.24, 2.45) is 7.05 Å². The zero-order valence-corrected chi connectivity index (χ0v) is 9.78. The van der Waals surface area contributed by atoms with Gasteiger partial charge in [-0.05, 0) is 42.8 Å². The number of benzene rings is 1. The normalized spacial score (nSPS) is 11.4. The van der Waals surface area contributed by atoms with Crippen LogP contribution in [0.1, 0.15) is 5.69 Å². The van der Waals surface area contributed by atoms with E-state index in [2.05, 4.69) is 9.97 Å². The molecule has 0 aliphatic carbocycles. The van der Waals surface area contributed by atoms with Gasteiger partial charge in [0, 0.05) is 18.1 Å². The zero-order valence-electron chi connectivity index (χ0n) is 9.03. The first kappa shape index (κ1) is 9.60. The third-order valence-electron chi connectivity index (χ3n) is 2.80. The number of halogens is 1. The van der Waals surface area contributed by atoms with Crippen LogP contribution < -0.4 is 0 Å². The first-order chi connectivity index (χ1) is 7.66. The first-order valence-corrected chi connectivity index (χ1v) is 5.43. The molecule has 0 radical (unpaired) electrons. The Hall–Kier alpha value is -1.61. The molecule has 3 rings (SSSR count). The van der Waals surface area contributed by atoms with Crippen LogP contribution >= 0.6 is 11.6 Å². The molecule has 0 amide bonds. The largest absolute Gasteiger partial charge is 0.318 e. The van der Waals surface area contributed by atoms with Gasteiger partial charge in [0.05, 0.1) is 16.6 Å². The van der Waals surface area contributed by atoms with Gasteiger partial charge in [0.25, 0.3) is 0 Å². The monoisotopic (exact) mass is 231 g/mol. The van der Waals surface area contributed by atoms with Crippen molar-refractivity contribution >= 4 is 33.5 Å². The first-order valence-electron chi connectivity index (χ1n) is 5.05. The Balaban J connectivity index is 2.54. The molecule has 2 heterocycles. The predicted molar refractivity (Wildman–Crippen MR) is 65.8 cm³/mol. The van der Waals surface area contributed by atoms with Gasteiger partial charge in [0.2, 0.25) is 5.28 Å². The highest BCUT2D eigenvalue weighted by atomic mass is 35.5. The van der Waals surface area contributed by atoms with Crippen LogP contribution in [0.15, 0.2) is 24.3 Å². The highest BCUT2D eigenvalue weighted by molar-refractivity contribution is 6.29. The van der Waals surface area contributed by atoms with E-state index in [-0.39, 0.29) is 0 Å². The summed E-state index contributed by atoms with van der Waals surface area (Å²) >= 11 is 6.02. The van der Waals surface area contributed by atoms with Crippen molar-refractivity contribution in [3.05, 3.63) is 35.2 Å². The van der Waals surface area contributed by atoms with Crippen LogP contribution in [0.3, 0.4) is 0 Å². The van der Waals surface area contributed by atoms with Crippen LogP contribution in [-0.4, -0.2) is 14.5 Å². The van der Waals surface area contributed by atoms with Crippen molar-refractivity contribution in [1.29, 1.82) is 0 Å². The average Bonchev–Trinajstić information content (AvgIpc) is 2.55. The maximum absolute atomic E-state index is 6.02. The second kappa shape index (κ2) is 3.19. The van der Waals surface area contributed by atoms with E-state index in [1.807, 2.05) is 42.8 Å². The summed E-state index contributed by atoms with van der Waals surface area (Å²) < 4.78 is 1.87. The highest BCUT2D eigenvalue weighted by Crippen LogP contribution is 2.25. The van der Waals surface area contributed by atoms with E-state index >= 15 is 0 Å². The molecule has 0 fully saturated rings.